The second kappa shape index (κ2) is 5.15. The van der Waals surface area contributed by atoms with Gasteiger partial charge in [-0.2, -0.15) is 0 Å². The molecule has 106 valence electrons. The Morgan fingerprint density at radius 3 is 2.95 bits per heavy atom. The fourth-order valence-electron chi connectivity index (χ4n) is 2.42. The van der Waals surface area contributed by atoms with E-state index >= 15 is 0 Å². The molecule has 1 saturated carbocycles. The summed E-state index contributed by atoms with van der Waals surface area (Å²) in [7, 11) is 0. The lowest BCUT2D eigenvalue weighted by atomic mass is 10.2. The monoisotopic (exact) mass is 343 g/mol. The topological polar surface area (TPSA) is 39.4 Å². The van der Waals surface area contributed by atoms with E-state index in [1.54, 1.807) is 6.20 Å². The highest BCUT2D eigenvalue weighted by Gasteiger charge is 2.23. The van der Waals surface area contributed by atoms with Crippen LogP contribution < -0.4 is 4.74 Å². The maximum Gasteiger partial charge on any atom is 0.152 e. The Kier molecular flexibility index (Phi) is 3.15. The number of fused-ring (bicyclic) bond motifs is 1. The third-order valence-electron chi connectivity index (χ3n) is 3.67. The van der Waals surface area contributed by atoms with Gasteiger partial charge in [0.25, 0.3) is 0 Å². The Hall–Kier alpha value is -1.88. The maximum atomic E-state index is 5.76. The number of pyridine rings is 2. The normalized spacial score (nSPS) is 14.5. The van der Waals surface area contributed by atoms with Crippen LogP contribution in [0.15, 0.2) is 47.5 Å². The van der Waals surface area contributed by atoms with Crippen molar-refractivity contribution in [1.29, 1.82) is 0 Å². The van der Waals surface area contributed by atoms with Crippen molar-refractivity contribution >= 4 is 21.6 Å². The number of aromatic nitrogens is 3. The molecule has 0 atom stereocenters. The van der Waals surface area contributed by atoms with Crippen LogP contribution in [-0.4, -0.2) is 14.4 Å². The molecule has 0 aromatic carbocycles. The van der Waals surface area contributed by atoms with Crippen LogP contribution in [0.5, 0.6) is 5.75 Å². The highest BCUT2D eigenvalue weighted by atomic mass is 79.9. The molecule has 0 bridgehead atoms. The summed E-state index contributed by atoms with van der Waals surface area (Å²) in [6.07, 6.45) is 8.56. The quantitative estimate of drug-likeness (QED) is 0.673. The number of hydrogen-bond donors (Lipinski definition) is 0. The van der Waals surface area contributed by atoms with Crippen molar-refractivity contribution < 1.29 is 4.74 Å². The molecule has 0 saturated heterocycles. The molecule has 0 spiro atoms. The first-order valence-electron chi connectivity index (χ1n) is 7.00. The summed E-state index contributed by atoms with van der Waals surface area (Å²) >= 11 is 3.38. The van der Waals surface area contributed by atoms with Crippen molar-refractivity contribution in [3.63, 3.8) is 0 Å². The van der Waals surface area contributed by atoms with E-state index in [2.05, 4.69) is 48.6 Å². The number of halogens is 1. The maximum absolute atomic E-state index is 5.76. The second-order valence-corrected chi connectivity index (χ2v) is 6.07. The number of nitrogens with zero attached hydrogens (tertiary/aromatic N) is 3. The van der Waals surface area contributed by atoms with E-state index in [4.69, 9.17) is 4.74 Å². The molecule has 21 heavy (non-hydrogen) atoms. The van der Waals surface area contributed by atoms with Crippen molar-refractivity contribution in [2.75, 3.05) is 0 Å². The summed E-state index contributed by atoms with van der Waals surface area (Å²) in [5.74, 6) is 1.48. The van der Waals surface area contributed by atoms with Crippen LogP contribution in [0.1, 0.15) is 30.0 Å². The summed E-state index contributed by atoms with van der Waals surface area (Å²) in [5.41, 5.74) is 3.28. The Labute approximate surface area is 130 Å². The van der Waals surface area contributed by atoms with Gasteiger partial charge < -0.3 is 9.14 Å². The summed E-state index contributed by atoms with van der Waals surface area (Å²) in [4.78, 5) is 8.72. The van der Waals surface area contributed by atoms with Gasteiger partial charge in [-0.3, -0.25) is 0 Å². The lowest BCUT2D eigenvalue weighted by Crippen LogP contribution is -1.96. The number of ether oxygens (including phenoxy) is 1. The predicted octanol–water partition coefficient (Wildman–Crippen LogP) is 3.95. The molecule has 4 nitrogen and oxygen atoms in total. The highest BCUT2D eigenvalue weighted by molar-refractivity contribution is 9.10. The molecule has 3 heterocycles. The van der Waals surface area contributed by atoms with Gasteiger partial charge in [-0.15, -0.1) is 0 Å². The van der Waals surface area contributed by atoms with Crippen molar-refractivity contribution in [3.8, 4) is 5.75 Å². The van der Waals surface area contributed by atoms with Crippen molar-refractivity contribution in [1.82, 2.24) is 14.4 Å². The number of imidazole rings is 1. The lowest BCUT2D eigenvalue weighted by molar-refractivity contribution is 0.298. The largest absolute Gasteiger partial charge is 0.484 e. The Balaban J connectivity index is 1.55. The van der Waals surface area contributed by atoms with Crippen molar-refractivity contribution in [3.05, 3.63) is 58.7 Å². The molecule has 0 aliphatic heterocycles. The Morgan fingerprint density at radius 1 is 1.24 bits per heavy atom. The first kappa shape index (κ1) is 12.8. The van der Waals surface area contributed by atoms with Crippen LogP contribution in [0, 0.1) is 0 Å². The number of rotatable bonds is 4. The molecule has 1 aliphatic rings. The zero-order chi connectivity index (χ0) is 14.2. The molecule has 0 unspecified atom stereocenters. The van der Waals surface area contributed by atoms with Crippen molar-refractivity contribution in [2.45, 2.75) is 25.4 Å². The molecule has 4 rings (SSSR count). The Bertz CT molecular complexity index is 795. The lowest BCUT2D eigenvalue weighted by Gasteiger charge is -2.04. The van der Waals surface area contributed by atoms with E-state index in [-0.39, 0.29) is 0 Å². The standard InChI is InChI=1S/C16H14BrN3O/c17-16-14(2-1-7-18-16)21-10-13-9-20-8-12(11-3-4-11)5-6-15(20)19-13/h1-2,5-9,11H,3-4,10H2. The summed E-state index contributed by atoms with van der Waals surface area (Å²) in [6.45, 7) is 0.435. The molecule has 1 fully saturated rings. The molecule has 3 aromatic rings. The van der Waals surface area contributed by atoms with E-state index < -0.39 is 0 Å². The van der Waals surface area contributed by atoms with Crippen LogP contribution in [0.2, 0.25) is 0 Å². The predicted molar refractivity (Wildman–Crippen MR) is 83.4 cm³/mol. The Morgan fingerprint density at radius 2 is 2.14 bits per heavy atom. The van der Waals surface area contributed by atoms with Crippen LogP contribution in [0.3, 0.4) is 0 Å². The SMILES string of the molecule is Brc1ncccc1OCc1cn2cc(C3CC3)ccc2n1. The van der Waals surface area contributed by atoms with E-state index in [1.165, 1.54) is 18.4 Å². The zero-order valence-electron chi connectivity index (χ0n) is 11.4. The van der Waals surface area contributed by atoms with Gasteiger partial charge in [0.2, 0.25) is 0 Å². The molecule has 1 aliphatic carbocycles. The van der Waals surface area contributed by atoms with Gasteiger partial charge in [-0.25, -0.2) is 9.97 Å². The highest BCUT2D eigenvalue weighted by Crippen LogP contribution is 2.39. The molecule has 5 heteroatoms. The fraction of sp³-hybridized carbons (Fsp3) is 0.250. The first-order chi connectivity index (χ1) is 10.3. The van der Waals surface area contributed by atoms with Gasteiger partial charge in [0.1, 0.15) is 16.9 Å². The average Bonchev–Trinajstić information content (AvgIpc) is 3.26. The molecule has 0 N–H and O–H groups in total. The second-order valence-electron chi connectivity index (χ2n) is 5.32. The third-order valence-corrected chi connectivity index (χ3v) is 4.27. The minimum atomic E-state index is 0.435. The van der Waals surface area contributed by atoms with E-state index in [1.807, 2.05) is 18.3 Å². The van der Waals surface area contributed by atoms with Gasteiger partial charge >= 0.3 is 0 Å². The van der Waals surface area contributed by atoms with Gasteiger partial charge in [0, 0.05) is 18.6 Å². The number of hydrogen-bond acceptors (Lipinski definition) is 3. The summed E-state index contributed by atoms with van der Waals surface area (Å²) in [6, 6.07) is 8.00. The smallest absolute Gasteiger partial charge is 0.152 e. The van der Waals surface area contributed by atoms with E-state index in [0.29, 0.717) is 11.2 Å². The van der Waals surface area contributed by atoms with Gasteiger partial charge in [0.05, 0.1) is 5.69 Å². The molecule has 0 amide bonds. The molecule has 0 radical (unpaired) electrons. The third kappa shape index (κ3) is 2.65. The first-order valence-corrected chi connectivity index (χ1v) is 7.80. The van der Waals surface area contributed by atoms with Crippen molar-refractivity contribution in [2.24, 2.45) is 0 Å². The molecule has 3 aromatic heterocycles. The van der Waals surface area contributed by atoms with Crippen LogP contribution in [-0.2, 0) is 6.61 Å². The van der Waals surface area contributed by atoms with E-state index in [9.17, 15) is 0 Å². The molecular formula is C16H14BrN3O. The van der Waals surface area contributed by atoms with Crippen LogP contribution in [0.4, 0.5) is 0 Å². The van der Waals surface area contributed by atoms with Crippen LogP contribution >= 0.6 is 15.9 Å². The van der Waals surface area contributed by atoms with Gasteiger partial charge in [0.15, 0.2) is 5.75 Å². The van der Waals surface area contributed by atoms with Gasteiger partial charge in [-0.05, 0) is 58.5 Å². The zero-order valence-corrected chi connectivity index (χ0v) is 13.0. The van der Waals surface area contributed by atoms with Crippen LogP contribution in [0.25, 0.3) is 5.65 Å². The minimum Gasteiger partial charge on any atom is -0.484 e. The summed E-state index contributed by atoms with van der Waals surface area (Å²) < 4.78 is 8.56. The summed E-state index contributed by atoms with van der Waals surface area (Å²) in [5, 5.41) is 0. The minimum absolute atomic E-state index is 0.435. The fourth-order valence-corrected chi connectivity index (χ4v) is 2.78. The molecular weight excluding hydrogens is 330 g/mol. The van der Waals surface area contributed by atoms with E-state index in [0.717, 1.165) is 23.0 Å². The van der Waals surface area contributed by atoms with Gasteiger partial charge in [-0.1, -0.05) is 6.07 Å². The average molecular weight is 344 g/mol.